The first kappa shape index (κ1) is 26.2. The average molecular weight is 523 g/mol. The maximum atomic E-state index is 13.7. The molecule has 3 aromatic rings. The normalized spacial score (nSPS) is 15.2. The molecule has 0 amide bonds. The molecular weight excluding hydrogens is 492 g/mol. The molecule has 194 valence electrons. The van der Waals surface area contributed by atoms with E-state index in [2.05, 4.69) is 11.9 Å². The monoisotopic (exact) mass is 522 g/mol. The largest absolute Gasteiger partial charge is 0.497 e. The number of allylic oxidation sites excluding steroid dienone is 1. The molecule has 0 radical (unpaired) electrons. The minimum absolute atomic E-state index is 0.249. The highest BCUT2D eigenvalue weighted by Gasteiger charge is 2.33. The summed E-state index contributed by atoms with van der Waals surface area (Å²) in [6, 6.07) is 12.2. The molecular formula is C28H30N2O6S. The van der Waals surface area contributed by atoms with Gasteiger partial charge in [-0.3, -0.25) is 9.36 Å². The molecule has 4 rings (SSSR count). The minimum atomic E-state index is -0.680. The van der Waals surface area contributed by atoms with Crippen LogP contribution in [0.3, 0.4) is 0 Å². The fourth-order valence-corrected chi connectivity index (χ4v) is 5.21. The summed E-state index contributed by atoms with van der Waals surface area (Å²) in [5, 5.41) is 0. The highest BCUT2D eigenvalue weighted by Crippen LogP contribution is 2.32. The van der Waals surface area contributed by atoms with E-state index >= 15 is 0 Å². The summed E-state index contributed by atoms with van der Waals surface area (Å²) in [4.78, 5) is 31.6. The molecule has 1 atom stereocenters. The Morgan fingerprint density at radius 3 is 2.49 bits per heavy atom. The van der Waals surface area contributed by atoms with Crippen LogP contribution in [0.4, 0.5) is 0 Å². The van der Waals surface area contributed by atoms with E-state index in [0.717, 1.165) is 24.0 Å². The molecule has 0 saturated heterocycles. The van der Waals surface area contributed by atoms with Gasteiger partial charge in [-0.2, -0.15) is 0 Å². The highest BCUT2D eigenvalue weighted by molar-refractivity contribution is 7.07. The van der Waals surface area contributed by atoms with E-state index in [1.165, 1.54) is 18.4 Å². The smallest absolute Gasteiger partial charge is 0.338 e. The number of esters is 1. The van der Waals surface area contributed by atoms with Crippen LogP contribution in [0.15, 0.2) is 63.5 Å². The zero-order valence-corrected chi connectivity index (χ0v) is 22.4. The second-order valence-electron chi connectivity index (χ2n) is 8.46. The van der Waals surface area contributed by atoms with Gasteiger partial charge in [0.05, 0.1) is 49.8 Å². The van der Waals surface area contributed by atoms with E-state index in [4.69, 9.17) is 18.9 Å². The van der Waals surface area contributed by atoms with Crippen LogP contribution in [-0.4, -0.2) is 38.5 Å². The Balaban J connectivity index is 1.83. The van der Waals surface area contributed by atoms with Crippen molar-refractivity contribution in [3.8, 4) is 17.2 Å². The molecule has 1 aliphatic rings. The second kappa shape index (κ2) is 11.5. The van der Waals surface area contributed by atoms with Crippen molar-refractivity contribution in [1.29, 1.82) is 0 Å². The number of rotatable bonds is 9. The molecule has 1 aliphatic heterocycles. The maximum Gasteiger partial charge on any atom is 0.338 e. The summed E-state index contributed by atoms with van der Waals surface area (Å²) >= 11 is 1.27. The Morgan fingerprint density at radius 2 is 1.84 bits per heavy atom. The average Bonchev–Trinajstić information content (AvgIpc) is 3.22. The third-order valence-electron chi connectivity index (χ3n) is 6.10. The summed E-state index contributed by atoms with van der Waals surface area (Å²) in [7, 11) is 4.49. The van der Waals surface area contributed by atoms with Gasteiger partial charge in [-0.1, -0.05) is 42.9 Å². The summed E-state index contributed by atoms with van der Waals surface area (Å²) in [5.41, 5.74) is 2.12. The number of carbonyl (C=O) groups is 1. The molecule has 2 heterocycles. The lowest BCUT2D eigenvalue weighted by molar-refractivity contribution is -0.136. The summed E-state index contributed by atoms with van der Waals surface area (Å²) in [5.74, 6) is 1.40. The lowest BCUT2D eigenvalue weighted by Gasteiger charge is -2.24. The molecule has 1 aromatic heterocycles. The Labute approximate surface area is 219 Å². The van der Waals surface area contributed by atoms with Gasteiger partial charge in [0.1, 0.15) is 5.75 Å². The van der Waals surface area contributed by atoms with Crippen molar-refractivity contribution in [1.82, 2.24) is 4.57 Å². The third kappa shape index (κ3) is 5.32. The number of unbranched alkanes of at least 4 members (excludes halogenated alkanes) is 1. The van der Waals surface area contributed by atoms with Crippen LogP contribution in [-0.2, 0) is 9.53 Å². The van der Waals surface area contributed by atoms with Crippen LogP contribution in [0.2, 0.25) is 0 Å². The number of aromatic nitrogens is 1. The SMILES string of the molecule is CCCCOc1ccc(/C=c2\sc3n(c2=O)C(c2ccc(OC)cc2)C(C(=O)OC)=C(C)N=3)cc1OC. The molecule has 0 bridgehead atoms. The standard InChI is InChI=1S/C28H30N2O6S/c1-6-7-14-36-21-13-8-18(15-22(21)34-4)16-23-26(31)30-25(19-9-11-20(33-3)12-10-19)24(27(32)35-5)17(2)29-28(30)37-23/h8-13,15-16,25H,6-7,14H2,1-5H3/b23-16-. The molecule has 0 saturated carbocycles. The van der Waals surface area contributed by atoms with Crippen molar-refractivity contribution < 1.29 is 23.7 Å². The highest BCUT2D eigenvalue weighted by atomic mass is 32.1. The summed E-state index contributed by atoms with van der Waals surface area (Å²) in [6.07, 6.45) is 3.79. The fourth-order valence-electron chi connectivity index (χ4n) is 4.17. The second-order valence-corrected chi connectivity index (χ2v) is 9.47. The van der Waals surface area contributed by atoms with Gasteiger partial charge < -0.3 is 18.9 Å². The predicted octanol–water partition coefficient (Wildman–Crippen LogP) is 3.60. The number of hydrogen-bond acceptors (Lipinski definition) is 8. The Morgan fingerprint density at radius 1 is 1.08 bits per heavy atom. The molecule has 0 aliphatic carbocycles. The molecule has 0 fully saturated rings. The molecule has 2 aromatic carbocycles. The number of methoxy groups -OCH3 is 3. The van der Waals surface area contributed by atoms with Gasteiger partial charge in [0, 0.05) is 0 Å². The predicted molar refractivity (Wildman–Crippen MR) is 142 cm³/mol. The number of carbonyl (C=O) groups excluding carboxylic acids is 1. The van der Waals surface area contributed by atoms with Gasteiger partial charge >= 0.3 is 5.97 Å². The Bertz CT molecular complexity index is 1500. The van der Waals surface area contributed by atoms with Crippen molar-refractivity contribution in [3.63, 3.8) is 0 Å². The lowest BCUT2D eigenvalue weighted by atomic mass is 9.96. The van der Waals surface area contributed by atoms with Gasteiger partial charge in [-0.15, -0.1) is 0 Å². The number of benzene rings is 2. The van der Waals surface area contributed by atoms with Gasteiger partial charge in [-0.25, -0.2) is 9.79 Å². The molecule has 0 spiro atoms. The topological polar surface area (TPSA) is 88.4 Å². The van der Waals surface area contributed by atoms with E-state index in [-0.39, 0.29) is 5.56 Å². The number of fused-ring (bicyclic) bond motifs is 1. The molecule has 9 heteroatoms. The van der Waals surface area contributed by atoms with Crippen LogP contribution >= 0.6 is 11.3 Å². The summed E-state index contributed by atoms with van der Waals surface area (Å²) in [6.45, 7) is 4.47. The van der Waals surface area contributed by atoms with E-state index < -0.39 is 12.0 Å². The first-order valence-electron chi connectivity index (χ1n) is 12.0. The van der Waals surface area contributed by atoms with Crippen LogP contribution in [0.25, 0.3) is 6.08 Å². The summed E-state index contributed by atoms with van der Waals surface area (Å²) < 4.78 is 23.7. The van der Waals surface area contributed by atoms with E-state index in [0.29, 0.717) is 44.5 Å². The number of nitrogens with zero attached hydrogens (tertiary/aromatic N) is 2. The van der Waals surface area contributed by atoms with Crippen LogP contribution < -0.4 is 29.1 Å². The zero-order valence-electron chi connectivity index (χ0n) is 21.6. The van der Waals surface area contributed by atoms with Crippen LogP contribution in [0, 0.1) is 0 Å². The molecule has 1 unspecified atom stereocenters. The molecule has 8 nitrogen and oxygen atoms in total. The van der Waals surface area contributed by atoms with Gasteiger partial charge in [0.15, 0.2) is 16.3 Å². The van der Waals surface area contributed by atoms with E-state index in [9.17, 15) is 9.59 Å². The number of thiazole rings is 1. The Hall–Kier alpha value is -3.85. The van der Waals surface area contributed by atoms with Crippen molar-refractivity contribution in [2.45, 2.75) is 32.7 Å². The number of ether oxygens (including phenoxy) is 4. The van der Waals surface area contributed by atoms with Crippen molar-refractivity contribution in [3.05, 3.63) is 84.5 Å². The number of hydrogen-bond donors (Lipinski definition) is 0. The van der Waals surface area contributed by atoms with Crippen molar-refractivity contribution in [2.24, 2.45) is 4.99 Å². The first-order chi connectivity index (χ1) is 17.9. The maximum absolute atomic E-state index is 13.7. The minimum Gasteiger partial charge on any atom is -0.497 e. The third-order valence-corrected chi connectivity index (χ3v) is 7.08. The molecule has 37 heavy (non-hydrogen) atoms. The quantitative estimate of drug-likeness (QED) is 0.315. The van der Waals surface area contributed by atoms with Gasteiger partial charge in [0.25, 0.3) is 5.56 Å². The Kier molecular flexibility index (Phi) is 8.13. The first-order valence-corrected chi connectivity index (χ1v) is 12.8. The van der Waals surface area contributed by atoms with Gasteiger partial charge in [-0.05, 0) is 54.8 Å². The zero-order chi connectivity index (χ0) is 26.5. The molecule has 0 N–H and O–H groups in total. The van der Waals surface area contributed by atoms with Gasteiger partial charge in [0.2, 0.25) is 0 Å². The van der Waals surface area contributed by atoms with E-state index in [1.807, 2.05) is 30.3 Å². The van der Waals surface area contributed by atoms with Crippen molar-refractivity contribution in [2.75, 3.05) is 27.9 Å². The lowest BCUT2D eigenvalue weighted by Crippen LogP contribution is -2.39. The van der Waals surface area contributed by atoms with Crippen molar-refractivity contribution >= 4 is 23.4 Å². The fraction of sp³-hybridized carbons (Fsp3) is 0.321. The van der Waals surface area contributed by atoms with Crippen LogP contribution in [0.1, 0.15) is 43.9 Å². The van der Waals surface area contributed by atoms with E-state index in [1.54, 1.807) is 43.9 Å². The van der Waals surface area contributed by atoms with Crippen LogP contribution in [0.5, 0.6) is 17.2 Å².